The molecular formula is C53H32N4S. The Labute approximate surface area is 341 Å². The number of nitrogens with zero attached hydrogens (tertiary/aromatic N) is 4. The normalized spacial score (nSPS) is 14.5. The van der Waals surface area contributed by atoms with Crippen molar-refractivity contribution in [1.82, 2.24) is 15.0 Å². The van der Waals surface area contributed by atoms with E-state index in [4.69, 9.17) is 15.0 Å². The van der Waals surface area contributed by atoms with Crippen molar-refractivity contribution in [2.24, 2.45) is 0 Å². The maximum Gasteiger partial charge on any atom is 0.164 e. The average Bonchev–Trinajstić information content (AvgIpc) is 3.60. The van der Waals surface area contributed by atoms with Gasteiger partial charge in [-0.2, -0.15) is 5.26 Å². The molecule has 2 aliphatic rings. The minimum Gasteiger partial charge on any atom is -0.208 e. The minimum atomic E-state index is -0.607. The number of hydrogen-bond acceptors (Lipinski definition) is 5. The van der Waals surface area contributed by atoms with Crippen LogP contribution in [0.4, 0.5) is 0 Å². The Hall–Kier alpha value is -7.39. The fraction of sp³-hybridized carbons (Fsp3) is 0.0189. The molecule has 0 bridgehead atoms. The van der Waals surface area contributed by atoms with Crippen molar-refractivity contribution >= 4 is 11.8 Å². The molecule has 58 heavy (non-hydrogen) atoms. The third-order valence-corrected chi connectivity index (χ3v) is 12.7. The van der Waals surface area contributed by atoms with Gasteiger partial charge in [0.25, 0.3) is 0 Å². The smallest absolute Gasteiger partial charge is 0.164 e. The molecule has 0 saturated heterocycles. The molecule has 2 heterocycles. The highest BCUT2D eigenvalue weighted by atomic mass is 32.2. The molecule has 1 spiro atoms. The van der Waals surface area contributed by atoms with Crippen molar-refractivity contribution in [2.75, 3.05) is 0 Å². The summed E-state index contributed by atoms with van der Waals surface area (Å²) in [7, 11) is 0. The maximum atomic E-state index is 9.56. The van der Waals surface area contributed by atoms with Gasteiger partial charge in [0.2, 0.25) is 0 Å². The van der Waals surface area contributed by atoms with Crippen LogP contribution in [0.1, 0.15) is 27.8 Å². The Morgan fingerprint density at radius 3 is 1.72 bits per heavy atom. The zero-order valence-corrected chi connectivity index (χ0v) is 32.0. The van der Waals surface area contributed by atoms with Gasteiger partial charge >= 0.3 is 0 Å². The van der Waals surface area contributed by atoms with E-state index in [9.17, 15) is 5.26 Å². The second-order valence-electron chi connectivity index (χ2n) is 14.6. The Morgan fingerprint density at radius 2 is 0.948 bits per heavy atom. The van der Waals surface area contributed by atoms with E-state index in [2.05, 4.69) is 164 Å². The van der Waals surface area contributed by atoms with Crippen LogP contribution in [0.25, 0.3) is 67.5 Å². The zero-order valence-electron chi connectivity index (χ0n) is 31.2. The number of fused-ring (bicyclic) bond motifs is 9. The number of benzene rings is 8. The van der Waals surface area contributed by atoms with E-state index in [1.165, 1.54) is 37.6 Å². The van der Waals surface area contributed by atoms with Gasteiger partial charge in [0.15, 0.2) is 17.5 Å². The molecule has 0 N–H and O–H groups in total. The summed E-state index contributed by atoms with van der Waals surface area (Å²) in [4.78, 5) is 18.2. The van der Waals surface area contributed by atoms with Gasteiger partial charge in [-0.1, -0.05) is 182 Å². The van der Waals surface area contributed by atoms with Gasteiger partial charge in [-0.3, -0.25) is 0 Å². The van der Waals surface area contributed by atoms with Crippen LogP contribution in [0.15, 0.2) is 204 Å². The van der Waals surface area contributed by atoms with E-state index in [1.807, 2.05) is 48.2 Å². The second-order valence-corrected chi connectivity index (χ2v) is 15.7. The Kier molecular flexibility index (Phi) is 7.99. The van der Waals surface area contributed by atoms with Crippen LogP contribution in [0.3, 0.4) is 0 Å². The van der Waals surface area contributed by atoms with Crippen molar-refractivity contribution in [1.29, 1.82) is 5.26 Å². The van der Waals surface area contributed by atoms with Crippen LogP contribution >= 0.6 is 11.8 Å². The summed E-state index contributed by atoms with van der Waals surface area (Å²) < 4.78 is 0. The SMILES string of the molecule is N#Cc1ccc(-c2cccc3c2Sc2ccccc2C32c3ccccc3-c3c(-c4nc(-c5ccccc5)nc(-c5cccc(-c6ccccc6)c5)n4)cccc32)cc1. The molecule has 9 aromatic rings. The number of aromatic nitrogens is 3. The first kappa shape index (κ1) is 33.9. The molecule has 270 valence electrons. The van der Waals surface area contributed by atoms with Crippen molar-refractivity contribution in [3.05, 3.63) is 222 Å². The highest BCUT2D eigenvalue weighted by Gasteiger charge is 2.51. The molecule has 5 heteroatoms. The van der Waals surface area contributed by atoms with Gasteiger partial charge in [0, 0.05) is 26.5 Å². The Bertz CT molecular complexity index is 3100. The first-order chi connectivity index (χ1) is 28.7. The monoisotopic (exact) mass is 756 g/mol. The fourth-order valence-corrected chi connectivity index (χ4v) is 10.2. The lowest BCUT2D eigenvalue weighted by Crippen LogP contribution is -2.32. The Morgan fingerprint density at radius 1 is 0.397 bits per heavy atom. The lowest BCUT2D eigenvalue weighted by molar-refractivity contribution is 0.723. The van der Waals surface area contributed by atoms with Crippen LogP contribution in [0.2, 0.25) is 0 Å². The standard InChI is InChI=1S/C53H32N4S/c54-33-34-28-30-36(31-29-34)40-21-12-26-46-49(40)58-47-27-10-9-24-44(47)53(46)43-23-8-7-20-41(43)48-42(22-13-25-45(48)53)52-56-50(37-16-5-2-6-17-37)55-51(57-52)39-19-11-18-38(32-39)35-14-3-1-4-15-35/h1-32H. The lowest BCUT2D eigenvalue weighted by atomic mass is 9.67. The quantitative estimate of drug-likeness (QED) is 0.175. The van der Waals surface area contributed by atoms with E-state index in [-0.39, 0.29) is 0 Å². The molecule has 11 rings (SSSR count). The summed E-state index contributed by atoms with van der Waals surface area (Å²) in [5.74, 6) is 1.88. The van der Waals surface area contributed by atoms with Crippen LogP contribution in [-0.4, -0.2) is 15.0 Å². The van der Waals surface area contributed by atoms with E-state index in [0.717, 1.165) is 44.5 Å². The highest BCUT2D eigenvalue weighted by molar-refractivity contribution is 7.99. The third-order valence-electron chi connectivity index (χ3n) is 11.5. The topological polar surface area (TPSA) is 62.5 Å². The molecule has 0 amide bonds. The molecule has 1 aliphatic heterocycles. The first-order valence-corrected chi connectivity index (χ1v) is 20.1. The van der Waals surface area contributed by atoms with Gasteiger partial charge in [-0.05, 0) is 79.9 Å². The van der Waals surface area contributed by atoms with Crippen LogP contribution in [0.5, 0.6) is 0 Å². The fourth-order valence-electron chi connectivity index (χ4n) is 8.92. The van der Waals surface area contributed by atoms with Crippen LogP contribution in [0, 0.1) is 11.3 Å². The molecule has 1 atom stereocenters. The highest BCUT2D eigenvalue weighted by Crippen LogP contribution is 2.64. The van der Waals surface area contributed by atoms with E-state index >= 15 is 0 Å². The molecule has 1 aliphatic carbocycles. The van der Waals surface area contributed by atoms with Crippen molar-refractivity contribution < 1.29 is 0 Å². The maximum absolute atomic E-state index is 9.56. The summed E-state index contributed by atoms with van der Waals surface area (Å²) >= 11 is 1.83. The van der Waals surface area contributed by atoms with Gasteiger partial charge in [-0.25, -0.2) is 15.0 Å². The number of hydrogen-bond donors (Lipinski definition) is 0. The molecule has 0 radical (unpaired) electrons. The summed E-state index contributed by atoms with van der Waals surface area (Å²) in [6, 6.07) is 70.3. The van der Waals surface area contributed by atoms with Crippen molar-refractivity contribution in [2.45, 2.75) is 15.2 Å². The van der Waals surface area contributed by atoms with Crippen LogP contribution in [-0.2, 0) is 5.41 Å². The van der Waals surface area contributed by atoms with E-state index in [0.29, 0.717) is 23.0 Å². The minimum absolute atomic E-state index is 0.607. The average molecular weight is 757 g/mol. The molecule has 8 aromatic carbocycles. The first-order valence-electron chi connectivity index (χ1n) is 19.3. The summed E-state index contributed by atoms with van der Waals surface area (Å²) in [6.07, 6.45) is 0. The summed E-state index contributed by atoms with van der Waals surface area (Å²) in [5.41, 5.74) is 14.5. The molecule has 0 saturated carbocycles. The molecule has 0 fully saturated rings. The number of nitriles is 1. The summed E-state index contributed by atoms with van der Waals surface area (Å²) in [6.45, 7) is 0. The molecular weight excluding hydrogens is 725 g/mol. The lowest BCUT2D eigenvalue weighted by Gasteiger charge is -2.40. The van der Waals surface area contributed by atoms with Gasteiger partial charge in [0.05, 0.1) is 17.0 Å². The van der Waals surface area contributed by atoms with E-state index < -0.39 is 5.41 Å². The Balaban J connectivity index is 1.17. The van der Waals surface area contributed by atoms with Gasteiger partial charge in [-0.15, -0.1) is 0 Å². The largest absolute Gasteiger partial charge is 0.208 e. The van der Waals surface area contributed by atoms with Crippen LogP contribution < -0.4 is 0 Å². The number of rotatable bonds is 5. The zero-order chi connectivity index (χ0) is 38.6. The summed E-state index contributed by atoms with van der Waals surface area (Å²) in [5, 5.41) is 9.56. The van der Waals surface area contributed by atoms with Crippen molar-refractivity contribution in [3.63, 3.8) is 0 Å². The van der Waals surface area contributed by atoms with Crippen molar-refractivity contribution in [3.8, 4) is 73.6 Å². The second kappa shape index (κ2) is 13.7. The van der Waals surface area contributed by atoms with Gasteiger partial charge in [0.1, 0.15) is 0 Å². The van der Waals surface area contributed by atoms with Gasteiger partial charge < -0.3 is 0 Å². The molecule has 4 nitrogen and oxygen atoms in total. The predicted molar refractivity (Wildman–Crippen MR) is 233 cm³/mol. The molecule has 1 aromatic heterocycles. The third kappa shape index (κ3) is 5.27. The molecule has 1 unspecified atom stereocenters. The van der Waals surface area contributed by atoms with E-state index in [1.54, 1.807) is 0 Å². The predicted octanol–water partition coefficient (Wildman–Crippen LogP) is 12.9.